The minimum atomic E-state index is -0.715. The average Bonchev–Trinajstić information content (AvgIpc) is 2.98. The first-order valence-corrected chi connectivity index (χ1v) is 7.91. The number of hydrogen-bond donors (Lipinski definition) is 0. The predicted molar refractivity (Wildman–Crippen MR) is 93.5 cm³/mol. The SMILES string of the molecule is COc1ccc(CN2C(=O)C3Oc4ccccc4C3=NC2=S)cc1. The number of aliphatic imine (C=N–C) groups is 1. The second-order valence-electron chi connectivity index (χ2n) is 5.55. The maximum Gasteiger partial charge on any atom is 0.276 e. The van der Waals surface area contributed by atoms with Gasteiger partial charge in [-0.2, -0.15) is 0 Å². The number of hydrogen-bond acceptors (Lipinski definition) is 4. The summed E-state index contributed by atoms with van der Waals surface area (Å²) < 4.78 is 10.9. The lowest BCUT2D eigenvalue weighted by Gasteiger charge is -2.28. The van der Waals surface area contributed by atoms with Gasteiger partial charge >= 0.3 is 0 Å². The minimum Gasteiger partial charge on any atom is -0.497 e. The van der Waals surface area contributed by atoms with E-state index in [4.69, 9.17) is 21.7 Å². The Bertz CT molecular complexity index is 861. The van der Waals surface area contributed by atoms with Crippen molar-refractivity contribution in [3.05, 3.63) is 59.7 Å². The van der Waals surface area contributed by atoms with Gasteiger partial charge in [0.2, 0.25) is 11.2 Å². The van der Waals surface area contributed by atoms with E-state index < -0.39 is 6.10 Å². The molecule has 1 unspecified atom stereocenters. The Balaban J connectivity index is 1.62. The Kier molecular flexibility index (Phi) is 3.54. The summed E-state index contributed by atoms with van der Waals surface area (Å²) in [5.74, 6) is 1.25. The van der Waals surface area contributed by atoms with Crippen molar-refractivity contribution in [1.82, 2.24) is 4.90 Å². The number of thiocarbonyl (C=S) groups is 1. The average molecular weight is 338 g/mol. The van der Waals surface area contributed by atoms with Crippen molar-refractivity contribution in [2.75, 3.05) is 7.11 Å². The van der Waals surface area contributed by atoms with Crippen LogP contribution in [0, 0.1) is 0 Å². The Hall–Kier alpha value is -2.73. The van der Waals surface area contributed by atoms with Crippen LogP contribution in [0.3, 0.4) is 0 Å². The molecule has 2 aromatic carbocycles. The molecular formula is C18H14N2O3S. The Labute approximate surface area is 144 Å². The van der Waals surface area contributed by atoms with E-state index in [1.807, 2.05) is 48.5 Å². The van der Waals surface area contributed by atoms with E-state index in [1.54, 1.807) is 7.11 Å². The molecular weight excluding hydrogens is 324 g/mol. The lowest BCUT2D eigenvalue weighted by molar-refractivity contribution is -0.132. The number of rotatable bonds is 3. The summed E-state index contributed by atoms with van der Waals surface area (Å²) >= 11 is 5.34. The molecule has 2 aromatic rings. The highest BCUT2D eigenvalue weighted by Gasteiger charge is 2.43. The highest BCUT2D eigenvalue weighted by molar-refractivity contribution is 7.80. The Morgan fingerprint density at radius 2 is 1.96 bits per heavy atom. The summed E-state index contributed by atoms with van der Waals surface area (Å²) in [5.41, 5.74) is 2.38. The van der Waals surface area contributed by atoms with E-state index in [2.05, 4.69) is 4.99 Å². The van der Waals surface area contributed by atoms with Gasteiger partial charge < -0.3 is 9.47 Å². The lowest BCUT2D eigenvalue weighted by atomic mass is 10.0. The number of methoxy groups -OCH3 is 1. The molecule has 2 aliphatic heterocycles. The molecule has 0 aromatic heterocycles. The van der Waals surface area contributed by atoms with Crippen molar-refractivity contribution in [3.63, 3.8) is 0 Å². The third kappa shape index (κ3) is 2.35. The molecule has 0 fully saturated rings. The highest BCUT2D eigenvalue weighted by atomic mass is 32.1. The van der Waals surface area contributed by atoms with Crippen LogP contribution in [0.15, 0.2) is 53.5 Å². The standard InChI is InChI=1S/C18H14N2O3S/c1-22-12-8-6-11(7-9-12)10-20-17(21)16-15(19-18(20)24)13-4-2-3-5-14(13)23-16/h2-9,16H,10H2,1H3. The van der Waals surface area contributed by atoms with E-state index in [0.717, 1.165) is 16.9 Å². The van der Waals surface area contributed by atoms with Gasteiger partial charge in [0.15, 0.2) is 0 Å². The van der Waals surface area contributed by atoms with Crippen molar-refractivity contribution < 1.29 is 14.3 Å². The minimum absolute atomic E-state index is 0.183. The van der Waals surface area contributed by atoms with Crippen molar-refractivity contribution in [3.8, 4) is 11.5 Å². The summed E-state index contributed by atoms with van der Waals surface area (Å²) in [7, 11) is 1.61. The van der Waals surface area contributed by atoms with Gasteiger partial charge in [0.1, 0.15) is 17.2 Å². The zero-order chi connectivity index (χ0) is 16.7. The monoisotopic (exact) mass is 338 g/mol. The maximum absolute atomic E-state index is 12.8. The predicted octanol–water partition coefficient (Wildman–Crippen LogP) is 2.57. The summed E-state index contributed by atoms with van der Waals surface area (Å²) in [6, 6.07) is 15.0. The van der Waals surface area contributed by atoms with Crippen LogP contribution in [0.2, 0.25) is 0 Å². The molecule has 0 spiro atoms. The van der Waals surface area contributed by atoms with Crippen LogP contribution in [0.5, 0.6) is 11.5 Å². The molecule has 24 heavy (non-hydrogen) atoms. The Morgan fingerprint density at radius 3 is 2.71 bits per heavy atom. The fourth-order valence-corrected chi connectivity index (χ4v) is 3.10. The van der Waals surface area contributed by atoms with E-state index in [9.17, 15) is 4.79 Å². The molecule has 1 amide bonds. The number of carbonyl (C=O) groups is 1. The zero-order valence-electron chi connectivity index (χ0n) is 12.9. The largest absolute Gasteiger partial charge is 0.497 e. The second-order valence-corrected chi connectivity index (χ2v) is 5.91. The molecule has 2 heterocycles. The van der Waals surface area contributed by atoms with Gasteiger partial charge in [0.25, 0.3) is 5.91 Å². The summed E-state index contributed by atoms with van der Waals surface area (Å²) in [6.07, 6.45) is -0.715. The number of benzene rings is 2. The Morgan fingerprint density at radius 1 is 1.21 bits per heavy atom. The topological polar surface area (TPSA) is 51.1 Å². The van der Waals surface area contributed by atoms with Crippen LogP contribution >= 0.6 is 12.2 Å². The molecule has 0 N–H and O–H groups in total. The fourth-order valence-electron chi connectivity index (χ4n) is 2.85. The van der Waals surface area contributed by atoms with Gasteiger partial charge in [-0.25, -0.2) is 4.99 Å². The first-order chi connectivity index (χ1) is 11.7. The van der Waals surface area contributed by atoms with E-state index >= 15 is 0 Å². The smallest absolute Gasteiger partial charge is 0.276 e. The second kappa shape index (κ2) is 5.72. The van der Waals surface area contributed by atoms with E-state index in [0.29, 0.717) is 18.0 Å². The summed E-state index contributed by atoms with van der Waals surface area (Å²) in [4.78, 5) is 18.8. The van der Waals surface area contributed by atoms with Gasteiger partial charge in [-0.3, -0.25) is 9.69 Å². The van der Waals surface area contributed by atoms with Crippen LogP contribution in [0.25, 0.3) is 0 Å². The van der Waals surface area contributed by atoms with Gasteiger partial charge in [0, 0.05) is 5.56 Å². The van der Waals surface area contributed by atoms with Crippen molar-refractivity contribution in [2.45, 2.75) is 12.6 Å². The maximum atomic E-state index is 12.8. The van der Waals surface area contributed by atoms with Crippen molar-refractivity contribution >= 4 is 28.9 Å². The van der Waals surface area contributed by atoms with Crippen LogP contribution in [-0.2, 0) is 11.3 Å². The molecule has 0 saturated heterocycles. The number of nitrogens with zero attached hydrogens (tertiary/aromatic N) is 2. The molecule has 120 valence electrons. The van der Waals surface area contributed by atoms with Gasteiger partial charge in [0.05, 0.1) is 13.7 Å². The van der Waals surface area contributed by atoms with Crippen LogP contribution in [0.1, 0.15) is 11.1 Å². The third-order valence-electron chi connectivity index (χ3n) is 4.09. The fraction of sp³-hybridized carbons (Fsp3) is 0.167. The summed E-state index contributed by atoms with van der Waals surface area (Å²) in [6.45, 7) is 0.356. The third-order valence-corrected chi connectivity index (χ3v) is 4.40. The number of ether oxygens (including phenoxy) is 2. The number of amides is 1. The first kappa shape index (κ1) is 14.8. The number of carbonyl (C=O) groups excluding carboxylic acids is 1. The molecule has 4 rings (SSSR count). The highest BCUT2D eigenvalue weighted by Crippen LogP contribution is 2.32. The first-order valence-electron chi connectivity index (χ1n) is 7.50. The molecule has 2 aliphatic rings. The molecule has 0 bridgehead atoms. The quantitative estimate of drug-likeness (QED) is 0.807. The van der Waals surface area contributed by atoms with E-state index in [1.165, 1.54) is 4.90 Å². The van der Waals surface area contributed by atoms with Crippen LogP contribution in [0.4, 0.5) is 0 Å². The zero-order valence-corrected chi connectivity index (χ0v) is 13.7. The molecule has 0 aliphatic carbocycles. The van der Waals surface area contributed by atoms with Crippen LogP contribution in [-0.4, -0.2) is 34.8 Å². The molecule has 0 radical (unpaired) electrons. The molecule has 0 saturated carbocycles. The van der Waals surface area contributed by atoms with E-state index in [-0.39, 0.29) is 11.0 Å². The molecule has 6 heteroatoms. The van der Waals surface area contributed by atoms with Crippen LogP contribution < -0.4 is 9.47 Å². The normalized spacial score (nSPS) is 18.6. The van der Waals surface area contributed by atoms with Gasteiger partial charge in [-0.15, -0.1) is 0 Å². The summed E-state index contributed by atoms with van der Waals surface area (Å²) in [5, 5.41) is 0.266. The van der Waals surface area contributed by atoms with Crippen molar-refractivity contribution in [1.29, 1.82) is 0 Å². The number of fused-ring (bicyclic) bond motifs is 3. The number of para-hydroxylation sites is 1. The molecule has 1 atom stereocenters. The van der Waals surface area contributed by atoms with Gasteiger partial charge in [-0.1, -0.05) is 24.3 Å². The molecule has 5 nitrogen and oxygen atoms in total. The van der Waals surface area contributed by atoms with Crippen molar-refractivity contribution in [2.24, 2.45) is 4.99 Å². The van der Waals surface area contributed by atoms with Gasteiger partial charge in [-0.05, 0) is 42.0 Å². The lowest BCUT2D eigenvalue weighted by Crippen LogP contribution is -2.49.